The third kappa shape index (κ3) is 2.42. The molecule has 0 fully saturated rings. The van der Waals surface area contributed by atoms with Crippen molar-refractivity contribution in [1.82, 2.24) is 0 Å². The number of para-hydroxylation sites is 1. The lowest BCUT2D eigenvalue weighted by atomic mass is 9.80. The molecule has 0 saturated heterocycles. The Morgan fingerprint density at radius 2 is 1.53 bits per heavy atom. The fourth-order valence-corrected chi connectivity index (χ4v) is 5.69. The number of amidine groups is 1. The Kier molecular flexibility index (Phi) is 3.96. The van der Waals surface area contributed by atoms with Crippen LogP contribution >= 0.6 is 0 Å². The fourth-order valence-electron chi connectivity index (χ4n) is 5.69. The zero-order valence-corrected chi connectivity index (χ0v) is 17.9. The van der Waals surface area contributed by atoms with Gasteiger partial charge in [-0.3, -0.25) is 11.3 Å². The van der Waals surface area contributed by atoms with Crippen LogP contribution in [0.3, 0.4) is 0 Å². The van der Waals surface area contributed by atoms with Gasteiger partial charge in [0.2, 0.25) is 0 Å². The Morgan fingerprint density at radius 3 is 2.19 bits per heavy atom. The number of hydrogen-bond donors (Lipinski definition) is 2. The predicted octanol–water partition coefficient (Wildman–Crippen LogP) is 4.23. The van der Waals surface area contributed by atoms with E-state index in [1.165, 1.54) is 39.1 Å². The largest absolute Gasteiger partial charge is 0.350 e. The molecule has 5 heteroatoms. The second-order valence-electron chi connectivity index (χ2n) is 8.76. The van der Waals surface area contributed by atoms with Crippen molar-refractivity contribution in [2.45, 2.75) is 24.9 Å². The van der Waals surface area contributed by atoms with Gasteiger partial charge in [-0.1, -0.05) is 72.8 Å². The van der Waals surface area contributed by atoms with Crippen LogP contribution in [0.4, 0.5) is 5.69 Å². The van der Waals surface area contributed by atoms with Gasteiger partial charge in [0.1, 0.15) is 0 Å². The van der Waals surface area contributed by atoms with E-state index in [1.54, 1.807) is 0 Å². The summed E-state index contributed by atoms with van der Waals surface area (Å²) in [5, 5.41) is 13.4. The van der Waals surface area contributed by atoms with Gasteiger partial charge in [-0.15, -0.1) is 0 Å². The highest BCUT2D eigenvalue weighted by Crippen LogP contribution is 2.58. The first-order chi connectivity index (χ1) is 15.6. The van der Waals surface area contributed by atoms with Crippen molar-refractivity contribution in [1.29, 1.82) is 0 Å². The lowest BCUT2D eigenvalue weighted by Gasteiger charge is -2.43. The molecule has 0 bridgehead atoms. The van der Waals surface area contributed by atoms with Gasteiger partial charge < -0.3 is 4.90 Å². The fraction of sp³-hybridized carbons (Fsp3) is 0.148. The molecular formula is C27H24N5+. The third-order valence-corrected chi connectivity index (χ3v) is 7.11. The lowest BCUT2D eigenvalue weighted by molar-refractivity contribution is -0.114. The highest BCUT2D eigenvalue weighted by atomic mass is 15.3. The molecule has 5 nitrogen and oxygen atoms in total. The molecule has 0 saturated carbocycles. The Hall–Kier alpha value is -3.99. The molecule has 1 heterocycles. The maximum atomic E-state index is 6.14. The van der Waals surface area contributed by atoms with Gasteiger partial charge in [0, 0.05) is 16.5 Å². The Bertz CT molecular complexity index is 1320. The van der Waals surface area contributed by atoms with E-state index < -0.39 is 0 Å². The van der Waals surface area contributed by atoms with Crippen molar-refractivity contribution in [2.75, 3.05) is 4.90 Å². The third-order valence-electron chi connectivity index (χ3n) is 7.11. The summed E-state index contributed by atoms with van der Waals surface area (Å²) in [6, 6.07) is 26.4. The average Bonchev–Trinajstić information content (AvgIpc) is 3.27. The van der Waals surface area contributed by atoms with Gasteiger partial charge in [0.15, 0.2) is 0 Å². The summed E-state index contributed by atoms with van der Waals surface area (Å²) in [5.41, 5.74) is 9.72. The number of anilines is 1. The molecule has 1 aliphatic heterocycles. The first-order valence-electron chi connectivity index (χ1n) is 10.9. The van der Waals surface area contributed by atoms with E-state index in [4.69, 9.17) is 11.3 Å². The molecule has 4 N–H and O–H groups in total. The standard InChI is InChI=1S/C27H23N5/c1-27-15-14-17(26(28)30-31-29)16-23(27)22-12-6-7-13-24(22)32(27)25-20-10-4-2-8-18(20)19-9-3-5-11-21(19)25/h2-14,16,25H,15H2,1H3,(H3,28,29,30)/p+1. The molecule has 2 aliphatic carbocycles. The second-order valence-corrected chi connectivity index (χ2v) is 8.76. The van der Waals surface area contributed by atoms with Gasteiger partial charge in [-0.25, -0.2) is 0 Å². The van der Waals surface area contributed by atoms with Crippen molar-refractivity contribution >= 4 is 17.1 Å². The smallest absolute Gasteiger partial charge is 0.350 e. The van der Waals surface area contributed by atoms with Crippen LogP contribution in [0, 0.1) is 0 Å². The van der Waals surface area contributed by atoms with E-state index in [1.807, 2.05) is 0 Å². The Labute approximate surface area is 187 Å². The highest BCUT2D eigenvalue weighted by molar-refractivity contribution is 6.03. The molecule has 6 rings (SSSR count). The Morgan fingerprint density at radius 1 is 0.938 bits per heavy atom. The number of fused-ring (bicyclic) bond motifs is 6. The molecule has 32 heavy (non-hydrogen) atoms. The zero-order valence-electron chi connectivity index (χ0n) is 17.9. The summed E-state index contributed by atoms with van der Waals surface area (Å²) in [5.74, 6) is 5.58. The molecule has 0 amide bonds. The quantitative estimate of drug-likeness (QED) is 0.215. The zero-order chi connectivity index (χ0) is 21.9. The van der Waals surface area contributed by atoms with Crippen molar-refractivity contribution in [3.05, 3.63) is 107 Å². The van der Waals surface area contributed by atoms with E-state index in [9.17, 15) is 0 Å². The maximum absolute atomic E-state index is 6.14. The molecule has 0 aromatic heterocycles. The topological polar surface area (TPSA) is 79.6 Å². The molecule has 156 valence electrons. The van der Waals surface area contributed by atoms with Crippen LogP contribution in [-0.2, 0) is 0 Å². The summed E-state index contributed by atoms with van der Waals surface area (Å²) in [6.45, 7) is 2.33. The van der Waals surface area contributed by atoms with Gasteiger partial charge in [0.05, 0.1) is 22.3 Å². The minimum Gasteiger partial charge on any atom is -0.350 e. The van der Waals surface area contributed by atoms with Gasteiger partial charge in [0.25, 0.3) is 0 Å². The summed E-state index contributed by atoms with van der Waals surface area (Å²) in [7, 11) is 0. The van der Waals surface area contributed by atoms with Crippen molar-refractivity contribution in [3.63, 3.8) is 0 Å². The van der Waals surface area contributed by atoms with Crippen LogP contribution in [0.1, 0.15) is 36.1 Å². The summed E-state index contributed by atoms with van der Waals surface area (Å²) in [6.07, 6.45) is 5.11. The number of benzene rings is 3. The molecule has 3 aliphatic rings. The van der Waals surface area contributed by atoms with Crippen LogP contribution in [0.2, 0.25) is 0 Å². The molecule has 3 aromatic rings. The van der Waals surface area contributed by atoms with Gasteiger partial charge in [-0.2, -0.15) is 0 Å². The number of rotatable bonds is 2. The van der Waals surface area contributed by atoms with Crippen LogP contribution < -0.4 is 16.2 Å². The molecule has 1 atom stereocenters. The molecule has 1 unspecified atom stereocenters. The van der Waals surface area contributed by atoms with E-state index in [0.29, 0.717) is 5.84 Å². The monoisotopic (exact) mass is 418 g/mol. The van der Waals surface area contributed by atoms with E-state index in [0.717, 1.165) is 12.0 Å². The molecule has 0 spiro atoms. The van der Waals surface area contributed by atoms with Gasteiger partial charge in [-0.05, 0) is 53.3 Å². The summed E-state index contributed by atoms with van der Waals surface area (Å²) in [4.78, 5) is 2.60. The first kappa shape index (κ1) is 18.8. The van der Waals surface area contributed by atoms with E-state index >= 15 is 0 Å². The second kappa shape index (κ2) is 6.76. The number of nitrogens with two attached hydrogens (primary N) is 2. The van der Waals surface area contributed by atoms with Crippen LogP contribution in [0.15, 0.2) is 101 Å². The van der Waals surface area contributed by atoms with Crippen LogP contribution in [0.5, 0.6) is 0 Å². The Balaban J connectivity index is 1.57. The SMILES string of the molecule is CC12CC=C(C(=[NH2+])N=NN)C=C1c1ccccc1N2C1c2ccccc2-c2ccccc21. The van der Waals surface area contributed by atoms with Gasteiger partial charge >= 0.3 is 5.84 Å². The van der Waals surface area contributed by atoms with Crippen molar-refractivity contribution in [2.24, 2.45) is 16.2 Å². The van der Waals surface area contributed by atoms with Crippen LogP contribution in [-0.4, -0.2) is 11.4 Å². The normalized spacial score (nSPS) is 21.0. The maximum Gasteiger partial charge on any atom is 0.350 e. The minimum atomic E-state index is -0.220. The molecule has 3 aromatic carbocycles. The summed E-state index contributed by atoms with van der Waals surface area (Å²) >= 11 is 0. The minimum absolute atomic E-state index is 0.138. The van der Waals surface area contributed by atoms with Crippen molar-refractivity contribution < 1.29 is 5.41 Å². The van der Waals surface area contributed by atoms with E-state index in [2.05, 4.69) is 107 Å². The number of nitrogens with zero attached hydrogens (tertiary/aromatic N) is 3. The predicted molar refractivity (Wildman–Crippen MR) is 128 cm³/mol. The first-order valence-corrected chi connectivity index (χ1v) is 10.9. The lowest BCUT2D eigenvalue weighted by Crippen LogP contribution is -2.47. The van der Waals surface area contributed by atoms with Crippen LogP contribution in [0.25, 0.3) is 16.7 Å². The van der Waals surface area contributed by atoms with Crippen molar-refractivity contribution in [3.8, 4) is 11.1 Å². The molecular weight excluding hydrogens is 394 g/mol. The average molecular weight is 419 g/mol. The summed E-state index contributed by atoms with van der Waals surface area (Å²) < 4.78 is 0. The number of hydrogen-bond acceptors (Lipinski definition) is 2. The molecule has 0 radical (unpaired) electrons. The highest BCUT2D eigenvalue weighted by Gasteiger charge is 2.50. The van der Waals surface area contributed by atoms with E-state index in [-0.39, 0.29) is 11.6 Å².